The first-order valence-corrected chi connectivity index (χ1v) is 7.71. The molecule has 0 spiro atoms. The van der Waals surface area contributed by atoms with E-state index in [9.17, 15) is 9.90 Å². The number of carbonyl (C=O) groups is 1. The fourth-order valence-corrected chi connectivity index (χ4v) is 3.15. The molecule has 2 rings (SSSR count). The number of anilines is 1. The van der Waals surface area contributed by atoms with Crippen LogP contribution in [0.2, 0.25) is 0 Å². The van der Waals surface area contributed by atoms with Crippen LogP contribution < -0.4 is 5.73 Å². The van der Waals surface area contributed by atoms with E-state index in [-0.39, 0.29) is 17.9 Å². The van der Waals surface area contributed by atoms with Gasteiger partial charge in [-0.1, -0.05) is 0 Å². The molecule has 6 heteroatoms. The number of pyridine rings is 1. The molecule has 1 saturated heterocycles. The van der Waals surface area contributed by atoms with Crippen molar-refractivity contribution in [1.82, 2.24) is 9.88 Å². The van der Waals surface area contributed by atoms with Gasteiger partial charge in [0.15, 0.2) is 0 Å². The summed E-state index contributed by atoms with van der Waals surface area (Å²) in [4.78, 5) is 18.4. The summed E-state index contributed by atoms with van der Waals surface area (Å²) in [5.41, 5.74) is 5.99. The monoisotopic (exact) mass is 307 g/mol. The number of nitrogens with zero attached hydrogens (tertiary/aromatic N) is 2. The highest BCUT2D eigenvalue weighted by Crippen LogP contribution is 2.34. The van der Waals surface area contributed by atoms with E-state index in [2.05, 4.69) is 4.98 Å². The standard InChI is InChI=1S/C16H25N3O3/c1-22-9-3-6-16(12-20)5-2-8-19(11-16)15(21)13-4-7-18-14(17)10-13/h4,7,10,20H,2-3,5-6,8-9,11-12H2,1H3,(H2,17,18)/t16-/m0/s1. The number of hydrogen-bond acceptors (Lipinski definition) is 5. The SMILES string of the molecule is COCCC[C@@]1(CO)CCCN(C(=O)c2ccnc(N)c2)C1. The molecule has 2 heterocycles. The Morgan fingerprint density at radius 3 is 3.09 bits per heavy atom. The smallest absolute Gasteiger partial charge is 0.254 e. The first kappa shape index (κ1) is 16.7. The summed E-state index contributed by atoms with van der Waals surface area (Å²) in [6.07, 6.45) is 5.14. The lowest BCUT2D eigenvalue weighted by molar-refractivity contribution is 0.0180. The van der Waals surface area contributed by atoms with Gasteiger partial charge in [0.25, 0.3) is 5.91 Å². The summed E-state index contributed by atoms with van der Waals surface area (Å²) in [5.74, 6) is 0.301. The molecule has 0 unspecified atom stereocenters. The molecule has 22 heavy (non-hydrogen) atoms. The third kappa shape index (κ3) is 3.96. The molecule has 1 atom stereocenters. The molecule has 1 aliphatic heterocycles. The van der Waals surface area contributed by atoms with E-state index in [0.717, 1.165) is 25.7 Å². The Kier molecular flexibility index (Phi) is 5.74. The van der Waals surface area contributed by atoms with Crippen LogP contribution in [0.3, 0.4) is 0 Å². The molecule has 1 amide bonds. The lowest BCUT2D eigenvalue weighted by Gasteiger charge is -2.42. The van der Waals surface area contributed by atoms with E-state index in [1.807, 2.05) is 4.90 Å². The number of hydrogen-bond donors (Lipinski definition) is 2. The van der Waals surface area contributed by atoms with Gasteiger partial charge < -0.3 is 20.5 Å². The minimum atomic E-state index is -0.217. The highest BCUT2D eigenvalue weighted by Gasteiger charge is 2.36. The Bertz CT molecular complexity index is 509. The maximum atomic E-state index is 12.6. The highest BCUT2D eigenvalue weighted by molar-refractivity contribution is 5.94. The molecule has 122 valence electrons. The van der Waals surface area contributed by atoms with Gasteiger partial charge in [0.1, 0.15) is 5.82 Å². The quantitative estimate of drug-likeness (QED) is 0.773. The van der Waals surface area contributed by atoms with Crippen LogP contribution in [-0.2, 0) is 4.74 Å². The number of likely N-dealkylation sites (tertiary alicyclic amines) is 1. The highest BCUT2D eigenvalue weighted by atomic mass is 16.5. The maximum Gasteiger partial charge on any atom is 0.254 e. The van der Waals surface area contributed by atoms with Gasteiger partial charge >= 0.3 is 0 Å². The summed E-state index contributed by atoms with van der Waals surface area (Å²) < 4.78 is 5.10. The summed E-state index contributed by atoms with van der Waals surface area (Å²) in [7, 11) is 1.68. The molecule has 0 bridgehead atoms. The van der Waals surface area contributed by atoms with Crippen molar-refractivity contribution in [3.63, 3.8) is 0 Å². The second kappa shape index (κ2) is 7.56. The fourth-order valence-electron chi connectivity index (χ4n) is 3.15. The van der Waals surface area contributed by atoms with Gasteiger partial charge in [0.2, 0.25) is 0 Å². The largest absolute Gasteiger partial charge is 0.396 e. The number of ether oxygens (including phenoxy) is 1. The van der Waals surface area contributed by atoms with Crippen molar-refractivity contribution in [2.24, 2.45) is 5.41 Å². The topological polar surface area (TPSA) is 88.7 Å². The van der Waals surface area contributed by atoms with Crippen molar-refractivity contribution in [3.8, 4) is 0 Å². The summed E-state index contributed by atoms with van der Waals surface area (Å²) >= 11 is 0. The van der Waals surface area contributed by atoms with Gasteiger partial charge in [0, 0.05) is 44.0 Å². The Balaban J connectivity index is 2.06. The predicted octanol–water partition coefficient (Wildman–Crippen LogP) is 1.31. The van der Waals surface area contributed by atoms with Crippen LogP contribution in [0.5, 0.6) is 0 Å². The van der Waals surface area contributed by atoms with Gasteiger partial charge in [-0.2, -0.15) is 0 Å². The number of carbonyl (C=O) groups excluding carboxylic acids is 1. The van der Waals surface area contributed by atoms with E-state index in [1.165, 1.54) is 0 Å². The third-order valence-electron chi connectivity index (χ3n) is 4.37. The van der Waals surface area contributed by atoms with Crippen LogP contribution >= 0.6 is 0 Å². The molecule has 0 aromatic carbocycles. The zero-order valence-corrected chi connectivity index (χ0v) is 13.1. The molecule has 0 radical (unpaired) electrons. The number of aliphatic hydroxyl groups is 1. The second-order valence-electron chi connectivity index (χ2n) is 6.05. The Morgan fingerprint density at radius 2 is 2.41 bits per heavy atom. The lowest BCUT2D eigenvalue weighted by Crippen LogP contribution is -2.48. The third-order valence-corrected chi connectivity index (χ3v) is 4.37. The van der Waals surface area contributed by atoms with Crippen molar-refractivity contribution in [2.75, 3.05) is 39.1 Å². The second-order valence-corrected chi connectivity index (χ2v) is 6.05. The van der Waals surface area contributed by atoms with Crippen LogP contribution in [0.25, 0.3) is 0 Å². The van der Waals surface area contributed by atoms with Crippen molar-refractivity contribution in [3.05, 3.63) is 23.9 Å². The van der Waals surface area contributed by atoms with E-state index < -0.39 is 0 Å². The molecule has 0 saturated carbocycles. The Labute approximate surface area is 131 Å². The van der Waals surface area contributed by atoms with Gasteiger partial charge in [0.05, 0.1) is 6.61 Å². The molecule has 1 aliphatic rings. The Morgan fingerprint density at radius 1 is 1.59 bits per heavy atom. The van der Waals surface area contributed by atoms with Gasteiger partial charge in [-0.05, 0) is 37.8 Å². The van der Waals surface area contributed by atoms with Crippen molar-refractivity contribution >= 4 is 11.7 Å². The van der Waals surface area contributed by atoms with Crippen molar-refractivity contribution in [1.29, 1.82) is 0 Å². The zero-order valence-electron chi connectivity index (χ0n) is 13.1. The van der Waals surface area contributed by atoms with Crippen LogP contribution in [0, 0.1) is 5.41 Å². The van der Waals surface area contributed by atoms with Gasteiger partial charge in [-0.3, -0.25) is 4.79 Å². The maximum absolute atomic E-state index is 12.6. The molecule has 1 aromatic heterocycles. The number of piperidine rings is 1. The zero-order chi connectivity index (χ0) is 16.0. The van der Waals surface area contributed by atoms with E-state index in [0.29, 0.717) is 31.1 Å². The molecular weight excluding hydrogens is 282 g/mol. The fraction of sp³-hybridized carbons (Fsp3) is 0.625. The van der Waals surface area contributed by atoms with Crippen LogP contribution in [-0.4, -0.2) is 54.3 Å². The molecule has 6 nitrogen and oxygen atoms in total. The minimum Gasteiger partial charge on any atom is -0.396 e. The van der Waals surface area contributed by atoms with E-state index >= 15 is 0 Å². The van der Waals surface area contributed by atoms with Crippen LogP contribution in [0.4, 0.5) is 5.82 Å². The Hall–Kier alpha value is -1.66. The molecule has 1 fully saturated rings. The number of rotatable bonds is 6. The summed E-state index contributed by atoms with van der Waals surface area (Å²) in [6.45, 7) is 2.07. The van der Waals surface area contributed by atoms with Crippen LogP contribution in [0.1, 0.15) is 36.0 Å². The molecule has 1 aromatic rings. The molecule has 0 aliphatic carbocycles. The lowest BCUT2D eigenvalue weighted by atomic mass is 9.77. The number of nitrogens with two attached hydrogens (primary N) is 1. The first-order chi connectivity index (χ1) is 10.6. The minimum absolute atomic E-state index is 0.0432. The van der Waals surface area contributed by atoms with Crippen molar-refractivity contribution < 1.29 is 14.6 Å². The summed E-state index contributed by atoms with van der Waals surface area (Å²) in [6, 6.07) is 3.28. The number of nitrogen functional groups attached to an aromatic ring is 1. The van der Waals surface area contributed by atoms with Gasteiger partial charge in [-0.25, -0.2) is 4.98 Å². The number of aliphatic hydroxyl groups excluding tert-OH is 1. The average molecular weight is 307 g/mol. The first-order valence-electron chi connectivity index (χ1n) is 7.71. The number of aromatic nitrogens is 1. The molecular formula is C16H25N3O3. The molecule has 3 N–H and O–H groups in total. The van der Waals surface area contributed by atoms with Crippen LogP contribution in [0.15, 0.2) is 18.3 Å². The van der Waals surface area contributed by atoms with Crippen molar-refractivity contribution in [2.45, 2.75) is 25.7 Å². The number of methoxy groups -OCH3 is 1. The van der Waals surface area contributed by atoms with E-state index in [1.54, 1.807) is 25.4 Å². The average Bonchev–Trinajstić information content (AvgIpc) is 2.54. The van der Waals surface area contributed by atoms with E-state index in [4.69, 9.17) is 10.5 Å². The van der Waals surface area contributed by atoms with Gasteiger partial charge in [-0.15, -0.1) is 0 Å². The number of amides is 1. The predicted molar refractivity (Wildman–Crippen MR) is 84.4 cm³/mol. The normalized spacial score (nSPS) is 21.8. The summed E-state index contributed by atoms with van der Waals surface area (Å²) in [5, 5.41) is 9.85.